The van der Waals surface area contributed by atoms with Gasteiger partial charge in [0.05, 0.1) is 11.5 Å². The van der Waals surface area contributed by atoms with Gasteiger partial charge in [0.25, 0.3) is 0 Å². The molecule has 6 nitrogen and oxygen atoms in total. The summed E-state index contributed by atoms with van der Waals surface area (Å²) in [4.78, 5) is 0.0631. The van der Waals surface area contributed by atoms with E-state index in [1.54, 1.807) is 0 Å². The van der Waals surface area contributed by atoms with Crippen molar-refractivity contribution >= 4 is 0 Å². The summed E-state index contributed by atoms with van der Waals surface area (Å²) in [6, 6.07) is 0. The first kappa shape index (κ1) is 12.0. The molecule has 0 spiro atoms. The molecule has 78 valence electrons. The van der Waals surface area contributed by atoms with E-state index in [0.717, 1.165) is 32.2 Å². The number of unbranched alkanes of at least 4 members (excludes halogenated alkanes) is 3. The van der Waals surface area contributed by atoms with E-state index < -0.39 is 0 Å². The molecule has 13 heavy (non-hydrogen) atoms. The maximum absolute atomic E-state index is 10.3. The zero-order valence-corrected chi connectivity index (χ0v) is 7.99. The van der Waals surface area contributed by atoms with Crippen LogP contribution in [0.5, 0.6) is 0 Å². The average molecular weight is 190 g/mol. The first-order valence-electron chi connectivity index (χ1n) is 4.51. The fourth-order valence-electron chi connectivity index (χ4n) is 0.987. The van der Waals surface area contributed by atoms with Crippen LogP contribution in [0.25, 0.3) is 0 Å². The first-order valence-corrected chi connectivity index (χ1v) is 4.51. The molecule has 0 bridgehead atoms. The van der Waals surface area contributed by atoms with Crippen molar-refractivity contribution in [2.45, 2.75) is 25.7 Å². The Hall–Kier alpha value is -1.04. The second-order valence-electron chi connectivity index (χ2n) is 2.79. The monoisotopic (exact) mass is 190 g/mol. The van der Waals surface area contributed by atoms with Gasteiger partial charge in [0.2, 0.25) is 5.28 Å². The molecule has 0 fully saturated rings. The summed E-state index contributed by atoms with van der Waals surface area (Å²) in [7, 11) is 1.93. The lowest BCUT2D eigenvalue weighted by molar-refractivity contribution is -0.611. The van der Waals surface area contributed by atoms with Gasteiger partial charge < -0.3 is 15.7 Å². The summed E-state index contributed by atoms with van der Waals surface area (Å²) in [5.74, 6) is 0. The van der Waals surface area contributed by atoms with Crippen LogP contribution < -0.4 is 10.7 Å². The van der Waals surface area contributed by atoms with Crippen molar-refractivity contribution in [1.29, 1.82) is 0 Å². The molecule has 0 radical (unpaired) electrons. The molecular weight excluding hydrogens is 172 g/mol. The molecule has 0 rings (SSSR count). The quantitative estimate of drug-likeness (QED) is 0.227. The Bertz CT molecular complexity index is 140. The lowest BCUT2D eigenvalue weighted by Crippen LogP contribution is -2.23. The molecule has 3 N–H and O–H groups in total. The Morgan fingerprint density at radius 3 is 2.38 bits per heavy atom. The highest BCUT2D eigenvalue weighted by Crippen LogP contribution is 1.97. The van der Waals surface area contributed by atoms with Gasteiger partial charge in [-0.3, -0.25) is 0 Å². The molecule has 0 saturated heterocycles. The van der Waals surface area contributed by atoms with Crippen molar-refractivity contribution in [1.82, 2.24) is 10.7 Å². The molecular formula is C7H18N4O2. The molecule has 0 amide bonds. The Balaban J connectivity index is 3.00. The minimum absolute atomic E-state index is 0.0631. The van der Waals surface area contributed by atoms with Crippen LogP contribution in [0.2, 0.25) is 0 Å². The Morgan fingerprint density at radius 2 is 1.85 bits per heavy atom. The number of hydrogen-bond donors (Lipinski definition) is 3. The molecule has 0 unspecified atom stereocenters. The minimum atomic E-state index is 0.0631. The van der Waals surface area contributed by atoms with Crippen LogP contribution in [-0.4, -0.2) is 30.3 Å². The van der Waals surface area contributed by atoms with Crippen molar-refractivity contribution in [2.75, 3.05) is 20.1 Å². The largest absolute Gasteiger partial charge is 0.569 e. The molecule has 0 heterocycles. The van der Waals surface area contributed by atoms with Crippen LogP contribution in [0.15, 0.2) is 5.28 Å². The number of hydrogen-bond acceptors (Lipinski definition) is 3. The predicted molar refractivity (Wildman–Crippen MR) is 48.2 cm³/mol. The van der Waals surface area contributed by atoms with E-state index in [9.17, 15) is 5.21 Å². The zero-order chi connectivity index (χ0) is 9.94. The third-order valence-electron chi connectivity index (χ3n) is 1.68. The van der Waals surface area contributed by atoms with Crippen molar-refractivity contribution in [3.05, 3.63) is 5.21 Å². The van der Waals surface area contributed by atoms with Crippen molar-refractivity contribution < 1.29 is 10.2 Å². The van der Waals surface area contributed by atoms with Crippen LogP contribution in [0.3, 0.4) is 0 Å². The van der Waals surface area contributed by atoms with Crippen molar-refractivity contribution in [2.24, 2.45) is 5.28 Å². The van der Waals surface area contributed by atoms with E-state index >= 15 is 0 Å². The summed E-state index contributed by atoms with van der Waals surface area (Å²) in [5, 5.41) is 23.8. The molecule has 0 aliphatic carbocycles. The van der Waals surface area contributed by atoms with Gasteiger partial charge in [-0.05, 0) is 26.4 Å². The molecule has 6 heteroatoms. The second-order valence-corrected chi connectivity index (χ2v) is 2.79. The fraction of sp³-hybridized carbons (Fsp3) is 1.00. The standard InChI is InChI=1S/C7H18N4O2/c1-8-6-4-2-3-5-7-9-11(13)10-12/h8,12H,2-7H2,1H3,(H,9,10). The van der Waals surface area contributed by atoms with Crippen molar-refractivity contribution in [3.63, 3.8) is 0 Å². The Morgan fingerprint density at radius 1 is 1.23 bits per heavy atom. The van der Waals surface area contributed by atoms with Gasteiger partial charge in [-0.15, -0.1) is 0 Å². The van der Waals surface area contributed by atoms with E-state index in [-0.39, 0.29) is 4.97 Å². The van der Waals surface area contributed by atoms with Gasteiger partial charge in [0.1, 0.15) is 0 Å². The minimum Gasteiger partial charge on any atom is -0.569 e. The number of nitrogens with one attached hydrogen (secondary N) is 2. The summed E-state index contributed by atoms with van der Waals surface area (Å²) >= 11 is 0. The van der Waals surface area contributed by atoms with E-state index in [1.807, 2.05) is 7.05 Å². The fourth-order valence-corrected chi connectivity index (χ4v) is 0.987. The molecule has 0 aromatic carbocycles. The number of nitrogens with zero attached hydrogens (tertiary/aromatic N) is 2. The summed E-state index contributed by atoms with van der Waals surface area (Å²) in [5.41, 5.74) is 2.37. The van der Waals surface area contributed by atoms with Crippen LogP contribution in [0.1, 0.15) is 25.7 Å². The lowest BCUT2D eigenvalue weighted by atomic mass is 10.2. The summed E-state index contributed by atoms with van der Waals surface area (Å²) < 4.78 is 0. The highest BCUT2D eigenvalue weighted by Gasteiger charge is 1.93. The van der Waals surface area contributed by atoms with Gasteiger partial charge >= 0.3 is 0 Å². The highest BCUT2D eigenvalue weighted by molar-refractivity contribution is 4.45. The summed E-state index contributed by atoms with van der Waals surface area (Å²) in [6.07, 6.45) is 4.30. The van der Waals surface area contributed by atoms with Gasteiger partial charge in [0.15, 0.2) is 0 Å². The predicted octanol–water partition coefficient (Wildman–Crippen LogP) is 0.622. The highest BCUT2D eigenvalue weighted by atomic mass is 16.6. The molecule has 0 aliphatic heterocycles. The molecule has 0 atom stereocenters. The second kappa shape index (κ2) is 9.05. The molecule has 0 saturated carbocycles. The maximum Gasteiger partial charge on any atom is 0.230 e. The Labute approximate surface area is 78.2 Å². The third-order valence-corrected chi connectivity index (χ3v) is 1.68. The van der Waals surface area contributed by atoms with Gasteiger partial charge in [0, 0.05) is 0 Å². The molecule has 0 aromatic heterocycles. The van der Waals surface area contributed by atoms with Crippen LogP contribution in [0.4, 0.5) is 0 Å². The molecule has 0 aliphatic rings. The number of hydrazine groups is 1. The smallest absolute Gasteiger partial charge is 0.230 e. The third kappa shape index (κ3) is 8.87. The molecule has 0 aromatic rings. The normalized spacial score (nSPS) is 11.6. The Kier molecular flexibility index (Phi) is 8.33. The van der Waals surface area contributed by atoms with E-state index in [1.165, 1.54) is 0 Å². The number of rotatable bonds is 8. The zero-order valence-electron chi connectivity index (χ0n) is 7.99. The SMILES string of the molecule is CNCCCCCCN[N+]([O-])=NO. The van der Waals surface area contributed by atoms with Gasteiger partial charge in [-0.2, -0.15) is 5.43 Å². The first-order chi connectivity index (χ1) is 6.31. The van der Waals surface area contributed by atoms with Crippen molar-refractivity contribution in [3.8, 4) is 0 Å². The van der Waals surface area contributed by atoms with Crippen LogP contribution in [0, 0.1) is 5.21 Å². The topological polar surface area (TPSA) is 82.7 Å². The summed E-state index contributed by atoms with van der Waals surface area (Å²) in [6.45, 7) is 1.58. The van der Waals surface area contributed by atoms with Crippen LogP contribution >= 0.6 is 0 Å². The lowest BCUT2D eigenvalue weighted by Gasteiger charge is -2.01. The van der Waals surface area contributed by atoms with E-state index in [2.05, 4.69) is 16.0 Å². The van der Waals surface area contributed by atoms with Gasteiger partial charge in [-0.25, -0.2) is 0 Å². The maximum atomic E-state index is 10.3. The van der Waals surface area contributed by atoms with Gasteiger partial charge in [-0.1, -0.05) is 12.8 Å². The average Bonchev–Trinajstić information content (AvgIpc) is 2.16. The van der Waals surface area contributed by atoms with E-state index in [4.69, 9.17) is 5.21 Å². The van der Waals surface area contributed by atoms with E-state index in [0.29, 0.717) is 6.54 Å². The van der Waals surface area contributed by atoms with Crippen LogP contribution in [-0.2, 0) is 0 Å².